The second-order valence-electron chi connectivity index (χ2n) is 9.25. The Bertz CT molecular complexity index is 1130. The van der Waals surface area contributed by atoms with E-state index in [1.165, 1.54) is 16.9 Å². The number of hydrogen-bond donors (Lipinski definition) is 2. The van der Waals surface area contributed by atoms with Gasteiger partial charge in [0.25, 0.3) is 5.91 Å². The number of carbonyl (C=O) groups excluding carboxylic acids is 1. The lowest BCUT2D eigenvalue weighted by Gasteiger charge is -2.36. The summed E-state index contributed by atoms with van der Waals surface area (Å²) in [5.41, 5.74) is 3.44. The van der Waals surface area contributed by atoms with Gasteiger partial charge in [-0.05, 0) is 60.4 Å². The normalized spacial score (nSPS) is 20.6. The summed E-state index contributed by atoms with van der Waals surface area (Å²) in [6.07, 6.45) is 4.04. The van der Waals surface area contributed by atoms with Crippen LogP contribution in [0.5, 0.6) is 0 Å². The van der Waals surface area contributed by atoms with Gasteiger partial charge in [0.1, 0.15) is 16.5 Å². The second-order valence-corrected chi connectivity index (χ2v) is 11.3. The number of carbonyl (C=O) groups is 1. The van der Waals surface area contributed by atoms with Crippen LogP contribution in [0, 0.1) is 11.3 Å². The van der Waals surface area contributed by atoms with Crippen LogP contribution in [0.15, 0.2) is 45.3 Å². The lowest BCUT2D eigenvalue weighted by atomic mass is 9.69. The molecule has 2 N–H and O–H groups in total. The van der Waals surface area contributed by atoms with E-state index in [0.717, 1.165) is 45.6 Å². The number of nitrogens with one attached hydrogen (secondary N) is 2. The SMILES string of the molecule is CCC(C)(C)C1CCc2c(sc3c2C(=O)NC(c2ccc(-c4ccc(Br)cc4)o2)N3)C1. The highest BCUT2D eigenvalue weighted by atomic mass is 79.9. The van der Waals surface area contributed by atoms with E-state index >= 15 is 0 Å². The summed E-state index contributed by atoms with van der Waals surface area (Å²) < 4.78 is 7.13. The third-order valence-electron chi connectivity index (χ3n) is 7.10. The number of benzene rings is 1. The van der Waals surface area contributed by atoms with Crippen LogP contribution >= 0.6 is 27.3 Å². The Kier molecular flexibility index (Phi) is 5.25. The Morgan fingerprint density at radius 2 is 1.94 bits per heavy atom. The summed E-state index contributed by atoms with van der Waals surface area (Å²) in [4.78, 5) is 14.4. The highest BCUT2D eigenvalue weighted by Gasteiger charge is 2.37. The van der Waals surface area contributed by atoms with E-state index in [0.29, 0.717) is 17.1 Å². The molecule has 2 aromatic heterocycles. The van der Waals surface area contributed by atoms with Crippen LogP contribution in [0.25, 0.3) is 11.3 Å². The topological polar surface area (TPSA) is 54.3 Å². The number of thiophene rings is 1. The molecule has 2 aliphatic rings. The van der Waals surface area contributed by atoms with E-state index in [2.05, 4.69) is 47.3 Å². The van der Waals surface area contributed by atoms with E-state index in [-0.39, 0.29) is 12.1 Å². The zero-order valence-corrected chi connectivity index (χ0v) is 20.5. The minimum Gasteiger partial charge on any atom is -0.457 e. The van der Waals surface area contributed by atoms with E-state index in [1.807, 2.05) is 36.4 Å². The minimum atomic E-state index is -0.354. The molecule has 3 heterocycles. The summed E-state index contributed by atoms with van der Waals surface area (Å²) in [5.74, 6) is 2.18. The molecule has 5 rings (SSSR count). The first kappa shape index (κ1) is 20.8. The first-order valence-corrected chi connectivity index (χ1v) is 12.5. The fourth-order valence-corrected chi connectivity index (χ4v) is 6.29. The number of halogens is 1. The van der Waals surface area contributed by atoms with Crippen LogP contribution in [-0.2, 0) is 12.8 Å². The first-order valence-electron chi connectivity index (χ1n) is 10.9. The highest BCUT2D eigenvalue weighted by molar-refractivity contribution is 9.10. The Morgan fingerprint density at radius 1 is 1.16 bits per heavy atom. The molecule has 2 unspecified atom stereocenters. The number of rotatable bonds is 4. The molecule has 4 nitrogen and oxygen atoms in total. The van der Waals surface area contributed by atoms with Crippen LogP contribution in [0.4, 0.5) is 5.00 Å². The summed E-state index contributed by atoms with van der Waals surface area (Å²) >= 11 is 5.22. The van der Waals surface area contributed by atoms with Gasteiger partial charge in [0.05, 0.1) is 5.56 Å². The lowest BCUT2D eigenvalue weighted by molar-refractivity contribution is 0.0930. The Hall–Kier alpha value is -2.05. The van der Waals surface area contributed by atoms with E-state index in [1.54, 1.807) is 11.3 Å². The minimum absolute atomic E-state index is 0.00560. The quantitative estimate of drug-likeness (QED) is 0.400. The maximum atomic E-state index is 13.1. The first-order chi connectivity index (χ1) is 14.9. The standard InChI is InChI=1S/C25H27BrN2O2S/c1-4-25(2,3)15-7-10-17-20(13-15)31-24-21(17)23(29)27-22(28-24)19-12-11-18(30-19)14-5-8-16(26)9-6-14/h5-6,8-9,11-12,15,22,28H,4,7,10,13H2,1-3H3,(H,27,29). The number of fused-ring (bicyclic) bond motifs is 3. The van der Waals surface area contributed by atoms with Crippen molar-refractivity contribution in [2.24, 2.45) is 11.3 Å². The van der Waals surface area contributed by atoms with Crippen LogP contribution < -0.4 is 10.6 Å². The Labute approximate surface area is 195 Å². The molecular weight excluding hydrogens is 472 g/mol. The van der Waals surface area contributed by atoms with Crippen molar-refractivity contribution in [3.05, 3.63) is 62.6 Å². The predicted octanol–water partition coefficient (Wildman–Crippen LogP) is 7.17. The predicted molar refractivity (Wildman–Crippen MR) is 130 cm³/mol. The Morgan fingerprint density at radius 3 is 2.68 bits per heavy atom. The molecule has 0 fully saturated rings. The lowest BCUT2D eigenvalue weighted by Crippen LogP contribution is -2.38. The van der Waals surface area contributed by atoms with Crippen LogP contribution in [0.2, 0.25) is 0 Å². The molecule has 0 saturated carbocycles. The largest absolute Gasteiger partial charge is 0.457 e. The average molecular weight is 499 g/mol. The number of anilines is 1. The maximum absolute atomic E-state index is 13.1. The number of hydrogen-bond acceptors (Lipinski definition) is 4. The maximum Gasteiger partial charge on any atom is 0.256 e. The van der Waals surface area contributed by atoms with Crippen LogP contribution in [0.1, 0.15) is 66.3 Å². The summed E-state index contributed by atoms with van der Waals surface area (Å²) in [7, 11) is 0. The van der Waals surface area contributed by atoms with Crippen molar-refractivity contribution in [3.8, 4) is 11.3 Å². The molecule has 1 aliphatic heterocycles. The molecule has 1 aromatic carbocycles. The highest BCUT2D eigenvalue weighted by Crippen LogP contribution is 2.47. The fraction of sp³-hybridized carbons (Fsp3) is 0.400. The summed E-state index contributed by atoms with van der Waals surface area (Å²) in [5, 5.41) is 7.62. The molecule has 0 saturated heterocycles. The number of amides is 1. The van der Waals surface area contributed by atoms with Crippen molar-refractivity contribution >= 4 is 38.2 Å². The van der Waals surface area contributed by atoms with Crippen molar-refractivity contribution in [2.75, 3.05) is 5.32 Å². The van der Waals surface area contributed by atoms with Crippen molar-refractivity contribution in [1.82, 2.24) is 5.32 Å². The monoisotopic (exact) mass is 498 g/mol. The third kappa shape index (κ3) is 3.74. The van der Waals surface area contributed by atoms with Gasteiger partial charge in [0.15, 0.2) is 6.17 Å². The van der Waals surface area contributed by atoms with E-state index < -0.39 is 0 Å². The van der Waals surface area contributed by atoms with Gasteiger partial charge in [-0.15, -0.1) is 11.3 Å². The summed E-state index contributed by atoms with van der Waals surface area (Å²) in [6, 6.07) is 11.9. The molecule has 162 valence electrons. The molecule has 0 bridgehead atoms. The molecule has 31 heavy (non-hydrogen) atoms. The molecule has 1 amide bonds. The van der Waals surface area contributed by atoms with Crippen LogP contribution in [0.3, 0.4) is 0 Å². The molecule has 3 aromatic rings. The zero-order valence-electron chi connectivity index (χ0n) is 18.0. The summed E-state index contributed by atoms with van der Waals surface area (Å²) in [6.45, 7) is 7.02. The molecule has 6 heteroatoms. The second kappa shape index (κ2) is 7.82. The van der Waals surface area contributed by atoms with Crippen molar-refractivity contribution in [3.63, 3.8) is 0 Å². The van der Waals surface area contributed by atoms with Gasteiger partial charge in [-0.2, -0.15) is 0 Å². The molecule has 0 radical (unpaired) electrons. The smallest absolute Gasteiger partial charge is 0.256 e. The fourth-order valence-electron chi connectivity index (χ4n) is 4.67. The average Bonchev–Trinajstić information content (AvgIpc) is 3.38. The van der Waals surface area contributed by atoms with Crippen molar-refractivity contribution in [2.45, 2.75) is 52.6 Å². The molecule has 2 atom stereocenters. The molecular formula is C25H27BrN2O2S. The zero-order chi connectivity index (χ0) is 21.8. The van der Waals surface area contributed by atoms with Crippen LogP contribution in [-0.4, -0.2) is 5.91 Å². The van der Waals surface area contributed by atoms with Gasteiger partial charge in [0, 0.05) is 14.9 Å². The van der Waals surface area contributed by atoms with Crippen molar-refractivity contribution in [1.29, 1.82) is 0 Å². The van der Waals surface area contributed by atoms with Gasteiger partial charge in [0.2, 0.25) is 0 Å². The van der Waals surface area contributed by atoms with Crippen molar-refractivity contribution < 1.29 is 9.21 Å². The van der Waals surface area contributed by atoms with E-state index in [4.69, 9.17) is 4.42 Å². The number of furan rings is 1. The van der Waals surface area contributed by atoms with Gasteiger partial charge in [-0.25, -0.2) is 0 Å². The van der Waals surface area contributed by atoms with Gasteiger partial charge >= 0.3 is 0 Å². The third-order valence-corrected chi connectivity index (χ3v) is 8.81. The van der Waals surface area contributed by atoms with Gasteiger partial charge < -0.3 is 15.1 Å². The van der Waals surface area contributed by atoms with Gasteiger partial charge in [-0.3, -0.25) is 4.79 Å². The van der Waals surface area contributed by atoms with E-state index in [9.17, 15) is 4.79 Å². The Balaban J connectivity index is 1.40. The molecule has 1 aliphatic carbocycles. The van der Waals surface area contributed by atoms with Gasteiger partial charge in [-0.1, -0.05) is 55.3 Å². The molecule has 0 spiro atoms.